The van der Waals surface area contributed by atoms with E-state index in [4.69, 9.17) is 11.6 Å². The van der Waals surface area contributed by atoms with E-state index in [1.54, 1.807) is 32.2 Å². The average molecular weight is 390 g/mol. The van der Waals surface area contributed by atoms with Crippen molar-refractivity contribution in [2.24, 2.45) is 7.05 Å². The van der Waals surface area contributed by atoms with E-state index in [0.717, 1.165) is 6.07 Å². The molecule has 0 spiro atoms. The van der Waals surface area contributed by atoms with Crippen LogP contribution in [-0.2, 0) is 11.8 Å². The first kappa shape index (κ1) is 18.8. The second-order valence-corrected chi connectivity index (χ2v) is 6.50. The molecular weight excluding hydrogens is 373 g/mol. The van der Waals surface area contributed by atoms with Crippen molar-refractivity contribution < 1.29 is 19.1 Å². The molecule has 1 amide bonds. The molecule has 1 unspecified atom stereocenters. The lowest BCUT2D eigenvalue weighted by Gasteiger charge is -2.14. The van der Waals surface area contributed by atoms with Gasteiger partial charge in [0, 0.05) is 18.0 Å². The first-order valence-electron chi connectivity index (χ1n) is 8.28. The highest BCUT2D eigenvalue weighted by Gasteiger charge is 2.24. The Bertz CT molecular complexity index is 1050. The number of aliphatic carboxylic acids is 1. The monoisotopic (exact) mass is 389 g/mol. The zero-order valence-electron chi connectivity index (χ0n) is 14.7. The predicted octanol–water partition coefficient (Wildman–Crippen LogP) is 4.20. The zero-order valence-corrected chi connectivity index (χ0v) is 15.4. The van der Waals surface area contributed by atoms with E-state index in [1.165, 1.54) is 10.7 Å². The number of aryl methyl sites for hydroxylation is 1. The molecule has 0 fully saturated rings. The lowest BCUT2D eigenvalue weighted by atomic mass is 9.96. The van der Waals surface area contributed by atoms with E-state index in [2.05, 4.69) is 10.4 Å². The van der Waals surface area contributed by atoms with Gasteiger partial charge in [-0.15, -0.1) is 0 Å². The molecule has 140 valence electrons. The van der Waals surface area contributed by atoms with E-state index in [-0.39, 0.29) is 22.7 Å². The summed E-state index contributed by atoms with van der Waals surface area (Å²) in [6.45, 7) is 1.65. The van der Waals surface area contributed by atoms with Gasteiger partial charge in [-0.25, -0.2) is 4.39 Å². The Balaban J connectivity index is 1.96. The summed E-state index contributed by atoms with van der Waals surface area (Å²) < 4.78 is 15.9. The number of rotatable bonds is 5. The molecule has 3 rings (SSSR count). The number of carboxylic acids is 1. The van der Waals surface area contributed by atoms with Crippen molar-refractivity contribution in [3.05, 3.63) is 58.5 Å². The topological polar surface area (TPSA) is 84.2 Å². The Morgan fingerprint density at radius 3 is 2.70 bits per heavy atom. The van der Waals surface area contributed by atoms with E-state index >= 15 is 0 Å². The number of amides is 1. The van der Waals surface area contributed by atoms with Crippen molar-refractivity contribution in [3.63, 3.8) is 0 Å². The molecule has 8 heteroatoms. The van der Waals surface area contributed by atoms with Crippen LogP contribution in [-0.4, -0.2) is 26.8 Å². The van der Waals surface area contributed by atoms with E-state index in [1.807, 2.05) is 6.07 Å². The largest absolute Gasteiger partial charge is 0.481 e. The third-order valence-electron chi connectivity index (χ3n) is 4.37. The van der Waals surface area contributed by atoms with Crippen LogP contribution in [0.3, 0.4) is 0 Å². The van der Waals surface area contributed by atoms with Crippen molar-refractivity contribution >= 4 is 40.1 Å². The van der Waals surface area contributed by atoms with Crippen molar-refractivity contribution in [1.82, 2.24) is 9.78 Å². The predicted molar refractivity (Wildman–Crippen MR) is 101 cm³/mol. The number of aromatic nitrogens is 2. The van der Waals surface area contributed by atoms with Gasteiger partial charge < -0.3 is 10.4 Å². The van der Waals surface area contributed by atoms with Crippen LogP contribution in [0.5, 0.6) is 0 Å². The highest BCUT2D eigenvalue weighted by molar-refractivity contribution is 6.34. The smallest absolute Gasteiger partial charge is 0.311 e. The minimum absolute atomic E-state index is 0.0148. The Kier molecular flexibility index (Phi) is 5.14. The van der Waals surface area contributed by atoms with E-state index in [0.29, 0.717) is 16.6 Å². The third-order valence-corrected chi connectivity index (χ3v) is 4.68. The maximum absolute atomic E-state index is 14.5. The molecule has 3 aromatic rings. The maximum Gasteiger partial charge on any atom is 0.311 e. The number of carbonyl (C=O) groups is 2. The number of anilines is 1. The number of nitrogens with one attached hydrogen (secondary N) is 1. The molecule has 0 aliphatic rings. The standard InChI is InChI=1S/C19H17ClFN3O3/c1-3-10(19(26)27)12-8-13(20)16(9-14(12)21)22-18(25)17-11-6-4-5-7-15(11)23-24(17)2/h4-10H,3H2,1-2H3,(H,22,25)(H,26,27). The summed E-state index contributed by atoms with van der Waals surface area (Å²) in [5.74, 6) is -3.37. The van der Waals surface area contributed by atoms with Crippen LogP contribution in [0.1, 0.15) is 35.3 Å². The molecule has 0 radical (unpaired) electrons. The summed E-state index contributed by atoms with van der Waals surface area (Å²) in [6.07, 6.45) is 0.218. The fraction of sp³-hybridized carbons (Fsp3) is 0.211. The molecular formula is C19H17ClFN3O3. The molecule has 0 aliphatic heterocycles. The van der Waals surface area contributed by atoms with Gasteiger partial charge in [-0.3, -0.25) is 14.3 Å². The number of carboxylic acid groups (broad SMARTS) is 1. The van der Waals surface area contributed by atoms with Crippen LogP contribution >= 0.6 is 11.6 Å². The summed E-state index contributed by atoms with van der Waals surface area (Å²) in [4.78, 5) is 24.0. The Hall–Kier alpha value is -2.93. The highest BCUT2D eigenvalue weighted by atomic mass is 35.5. The minimum atomic E-state index is -1.13. The van der Waals surface area contributed by atoms with Crippen LogP contribution in [0, 0.1) is 5.82 Å². The molecule has 2 aromatic carbocycles. The van der Waals surface area contributed by atoms with Crippen molar-refractivity contribution in [3.8, 4) is 0 Å². The Morgan fingerprint density at radius 1 is 1.33 bits per heavy atom. The first-order valence-corrected chi connectivity index (χ1v) is 8.66. The van der Waals surface area contributed by atoms with Crippen LogP contribution in [0.2, 0.25) is 5.02 Å². The van der Waals surface area contributed by atoms with Gasteiger partial charge in [-0.2, -0.15) is 5.10 Å². The van der Waals surface area contributed by atoms with Crippen LogP contribution in [0.15, 0.2) is 36.4 Å². The molecule has 0 bridgehead atoms. The summed E-state index contributed by atoms with van der Waals surface area (Å²) in [5, 5.41) is 16.8. The van der Waals surface area contributed by atoms with Gasteiger partial charge in [-0.05, 0) is 24.6 Å². The lowest BCUT2D eigenvalue weighted by molar-refractivity contribution is -0.138. The minimum Gasteiger partial charge on any atom is -0.481 e. The fourth-order valence-electron chi connectivity index (χ4n) is 3.05. The van der Waals surface area contributed by atoms with Gasteiger partial charge in [0.2, 0.25) is 0 Å². The lowest BCUT2D eigenvalue weighted by Crippen LogP contribution is -2.17. The summed E-state index contributed by atoms with van der Waals surface area (Å²) >= 11 is 6.17. The van der Waals surface area contributed by atoms with Crippen molar-refractivity contribution in [2.75, 3.05) is 5.32 Å². The maximum atomic E-state index is 14.5. The normalized spacial score (nSPS) is 12.1. The molecule has 0 saturated heterocycles. The summed E-state index contributed by atoms with van der Waals surface area (Å²) in [6, 6.07) is 9.44. The average Bonchev–Trinajstić information content (AvgIpc) is 2.95. The fourth-order valence-corrected chi connectivity index (χ4v) is 3.27. The number of fused-ring (bicyclic) bond motifs is 1. The number of hydrogen-bond donors (Lipinski definition) is 2. The van der Waals surface area contributed by atoms with Gasteiger partial charge in [0.1, 0.15) is 11.5 Å². The third kappa shape index (κ3) is 3.50. The number of nitrogens with zero attached hydrogens (tertiary/aromatic N) is 2. The van der Waals surface area contributed by atoms with Crippen molar-refractivity contribution in [1.29, 1.82) is 0 Å². The van der Waals surface area contributed by atoms with Gasteiger partial charge in [0.25, 0.3) is 5.91 Å². The molecule has 6 nitrogen and oxygen atoms in total. The quantitative estimate of drug-likeness (QED) is 0.685. The number of halogens is 2. The molecule has 27 heavy (non-hydrogen) atoms. The second-order valence-electron chi connectivity index (χ2n) is 6.10. The van der Waals surface area contributed by atoms with Gasteiger partial charge in [-0.1, -0.05) is 36.7 Å². The first-order chi connectivity index (χ1) is 12.8. The molecule has 1 heterocycles. The summed E-state index contributed by atoms with van der Waals surface area (Å²) in [5.41, 5.74) is 1.01. The molecule has 1 atom stereocenters. The van der Waals surface area contributed by atoms with Gasteiger partial charge in [0.05, 0.1) is 22.1 Å². The second kappa shape index (κ2) is 7.36. The number of carbonyl (C=O) groups excluding carboxylic acids is 1. The van der Waals surface area contributed by atoms with E-state index < -0.39 is 23.6 Å². The molecule has 2 N–H and O–H groups in total. The van der Waals surface area contributed by atoms with Gasteiger partial charge >= 0.3 is 5.97 Å². The Morgan fingerprint density at radius 2 is 2.04 bits per heavy atom. The Labute approximate surface area is 159 Å². The molecule has 0 saturated carbocycles. The molecule has 1 aromatic heterocycles. The van der Waals surface area contributed by atoms with Crippen LogP contribution in [0.4, 0.5) is 10.1 Å². The van der Waals surface area contributed by atoms with E-state index in [9.17, 15) is 19.1 Å². The highest BCUT2D eigenvalue weighted by Crippen LogP contribution is 2.32. The van der Waals surface area contributed by atoms with Gasteiger partial charge in [0.15, 0.2) is 0 Å². The van der Waals surface area contributed by atoms with Crippen molar-refractivity contribution in [2.45, 2.75) is 19.3 Å². The summed E-state index contributed by atoms with van der Waals surface area (Å²) in [7, 11) is 1.64. The SMILES string of the molecule is CCC(C(=O)O)c1cc(Cl)c(NC(=O)c2c3ccccc3nn2C)cc1F. The number of hydrogen-bond acceptors (Lipinski definition) is 3. The number of benzene rings is 2. The van der Waals surface area contributed by atoms with Crippen LogP contribution < -0.4 is 5.32 Å². The van der Waals surface area contributed by atoms with Crippen LogP contribution in [0.25, 0.3) is 10.9 Å². The molecule has 0 aliphatic carbocycles. The zero-order chi connectivity index (χ0) is 19.7.